The highest BCUT2D eigenvalue weighted by Crippen LogP contribution is 2.24. The molecule has 2 rings (SSSR count). The average Bonchev–Trinajstić information content (AvgIpc) is 2.65. The molecule has 1 saturated heterocycles. The van der Waals surface area contributed by atoms with Crippen molar-refractivity contribution >= 4 is 33.3 Å². The van der Waals surface area contributed by atoms with Crippen LogP contribution in [0.1, 0.15) is 39.2 Å². The molecular formula is C18H25N5O3S2. The zero-order valence-corrected chi connectivity index (χ0v) is 17.8. The molecule has 1 aliphatic heterocycles. The molecule has 8 nitrogen and oxygen atoms in total. The number of nitriles is 1. The van der Waals surface area contributed by atoms with Crippen molar-refractivity contribution in [3.8, 4) is 6.07 Å². The Morgan fingerprint density at radius 1 is 1.18 bits per heavy atom. The summed E-state index contributed by atoms with van der Waals surface area (Å²) in [5, 5.41) is 12.2. The molecule has 28 heavy (non-hydrogen) atoms. The first-order valence-corrected chi connectivity index (χ1v) is 10.8. The summed E-state index contributed by atoms with van der Waals surface area (Å²) in [4.78, 5) is 12.5. The lowest BCUT2D eigenvalue weighted by atomic mass is 9.98. The lowest BCUT2D eigenvalue weighted by Gasteiger charge is -2.31. The number of hydrazine groups is 1. The van der Waals surface area contributed by atoms with E-state index in [1.54, 1.807) is 0 Å². The molecule has 1 amide bonds. The summed E-state index contributed by atoms with van der Waals surface area (Å²) < 4.78 is 26.8. The maximum atomic E-state index is 12.7. The molecule has 1 heterocycles. The molecule has 1 aromatic carbocycles. The third-order valence-electron chi connectivity index (χ3n) is 4.23. The maximum Gasteiger partial charge on any atom is 0.243 e. The van der Waals surface area contributed by atoms with Crippen LogP contribution < -0.4 is 16.2 Å². The summed E-state index contributed by atoms with van der Waals surface area (Å²) in [6.45, 7) is 6.36. The van der Waals surface area contributed by atoms with Gasteiger partial charge < -0.3 is 5.32 Å². The van der Waals surface area contributed by atoms with Crippen molar-refractivity contribution in [3.05, 3.63) is 29.8 Å². The molecule has 1 aromatic rings. The first kappa shape index (κ1) is 22.1. The van der Waals surface area contributed by atoms with Crippen LogP contribution in [0, 0.1) is 17.2 Å². The Morgan fingerprint density at radius 3 is 2.25 bits per heavy atom. The van der Waals surface area contributed by atoms with Crippen molar-refractivity contribution in [2.45, 2.75) is 44.0 Å². The number of hydrogen-bond acceptors (Lipinski definition) is 5. The molecule has 10 heteroatoms. The van der Waals surface area contributed by atoms with E-state index >= 15 is 0 Å². The van der Waals surface area contributed by atoms with Crippen LogP contribution in [-0.4, -0.2) is 42.4 Å². The van der Waals surface area contributed by atoms with Crippen LogP contribution >= 0.6 is 12.2 Å². The molecular weight excluding hydrogens is 398 g/mol. The van der Waals surface area contributed by atoms with Crippen LogP contribution in [0.15, 0.2) is 29.2 Å². The summed E-state index contributed by atoms with van der Waals surface area (Å²) in [5.41, 5.74) is 5.44. The number of thiocarbonyl (C=S) groups is 1. The third kappa shape index (κ3) is 5.89. The predicted molar refractivity (Wildman–Crippen MR) is 109 cm³/mol. The molecule has 1 fully saturated rings. The quantitative estimate of drug-likeness (QED) is 0.495. The monoisotopic (exact) mass is 423 g/mol. The smallest absolute Gasteiger partial charge is 0.243 e. The highest BCUT2D eigenvalue weighted by Gasteiger charge is 2.32. The summed E-state index contributed by atoms with van der Waals surface area (Å²) in [6.07, 6.45) is 0.838. The Labute approximate surface area is 171 Å². The molecule has 0 aliphatic carbocycles. The zero-order valence-electron chi connectivity index (χ0n) is 16.2. The first-order valence-electron chi connectivity index (χ1n) is 8.91. The fourth-order valence-electron chi connectivity index (χ4n) is 2.80. The Morgan fingerprint density at radius 2 is 1.75 bits per heavy atom. The van der Waals surface area contributed by atoms with Crippen LogP contribution in [0.5, 0.6) is 0 Å². The topological polar surface area (TPSA) is 114 Å². The van der Waals surface area contributed by atoms with Gasteiger partial charge in [-0.2, -0.15) is 9.57 Å². The van der Waals surface area contributed by atoms with Crippen molar-refractivity contribution in [2.24, 2.45) is 5.92 Å². The van der Waals surface area contributed by atoms with E-state index < -0.39 is 10.0 Å². The second kappa shape index (κ2) is 8.86. The molecule has 0 radical (unpaired) electrons. The number of amides is 1. The van der Waals surface area contributed by atoms with Crippen molar-refractivity contribution in [1.29, 1.82) is 5.26 Å². The van der Waals surface area contributed by atoms with Crippen molar-refractivity contribution < 1.29 is 13.2 Å². The van der Waals surface area contributed by atoms with E-state index in [1.807, 2.05) is 26.8 Å². The summed E-state index contributed by atoms with van der Waals surface area (Å²) in [5.74, 6) is -0.508. The van der Waals surface area contributed by atoms with Gasteiger partial charge in [-0.05, 0) is 70.1 Å². The van der Waals surface area contributed by atoms with Gasteiger partial charge in [0.2, 0.25) is 15.9 Å². The number of piperidine rings is 1. The van der Waals surface area contributed by atoms with Gasteiger partial charge >= 0.3 is 0 Å². The van der Waals surface area contributed by atoms with Crippen LogP contribution in [0.4, 0.5) is 0 Å². The summed E-state index contributed by atoms with van der Waals surface area (Å²) >= 11 is 5.12. The lowest BCUT2D eigenvalue weighted by molar-refractivity contribution is -0.126. The Balaban J connectivity index is 1.88. The molecule has 3 N–H and O–H groups in total. The summed E-state index contributed by atoms with van der Waals surface area (Å²) in [7, 11) is -3.64. The van der Waals surface area contributed by atoms with E-state index in [-0.39, 0.29) is 35.3 Å². The molecule has 0 unspecified atom stereocenters. The van der Waals surface area contributed by atoms with Gasteiger partial charge in [0.25, 0.3) is 0 Å². The van der Waals surface area contributed by atoms with Crippen molar-refractivity contribution in [2.75, 3.05) is 13.1 Å². The number of benzene rings is 1. The van der Waals surface area contributed by atoms with E-state index in [0.29, 0.717) is 23.5 Å². The first-order chi connectivity index (χ1) is 13.0. The standard InChI is InChI=1S/C18H25N5O3S2/c1-18(2,3)20-17(27)22-21-16(24)14-8-10-23(11-9-14)28(25,26)15-6-4-13(12-19)5-7-15/h4-7,14H,8-11H2,1-3H3,(H,21,24)(H2,20,22,27). The van der Waals surface area contributed by atoms with Gasteiger partial charge in [0.05, 0.1) is 16.5 Å². The van der Waals surface area contributed by atoms with Crippen molar-refractivity contribution in [3.63, 3.8) is 0 Å². The predicted octanol–water partition coefficient (Wildman–Crippen LogP) is 1.25. The van der Waals surface area contributed by atoms with E-state index in [1.165, 1.54) is 28.6 Å². The molecule has 0 atom stereocenters. The van der Waals surface area contributed by atoms with Gasteiger partial charge in [-0.15, -0.1) is 0 Å². The molecule has 0 saturated carbocycles. The van der Waals surface area contributed by atoms with E-state index in [0.717, 1.165) is 0 Å². The SMILES string of the molecule is CC(C)(C)NC(=S)NNC(=O)C1CCN(S(=O)(=O)c2ccc(C#N)cc2)CC1. The second-order valence-electron chi connectivity index (χ2n) is 7.63. The van der Waals surface area contributed by atoms with Gasteiger partial charge in [-0.3, -0.25) is 15.6 Å². The van der Waals surface area contributed by atoms with Crippen molar-refractivity contribution in [1.82, 2.24) is 20.5 Å². The minimum Gasteiger partial charge on any atom is -0.357 e. The van der Waals surface area contributed by atoms with Crippen LogP contribution in [-0.2, 0) is 14.8 Å². The van der Waals surface area contributed by atoms with Crippen LogP contribution in [0.25, 0.3) is 0 Å². The number of carbonyl (C=O) groups is 1. The Bertz CT molecular complexity index is 862. The summed E-state index contributed by atoms with van der Waals surface area (Å²) in [6, 6.07) is 7.78. The Kier molecular flexibility index (Phi) is 6.98. The van der Waals surface area contributed by atoms with E-state index in [2.05, 4.69) is 16.2 Å². The normalized spacial score (nSPS) is 16.1. The zero-order chi connectivity index (χ0) is 20.9. The molecule has 0 bridgehead atoms. The Hall–Kier alpha value is -2.22. The third-order valence-corrected chi connectivity index (χ3v) is 6.35. The average molecular weight is 424 g/mol. The molecule has 0 aromatic heterocycles. The number of nitrogens with one attached hydrogen (secondary N) is 3. The fraction of sp³-hybridized carbons (Fsp3) is 0.500. The minimum absolute atomic E-state index is 0.148. The number of carbonyl (C=O) groups excluding carboxylic acids is 1. The highest BCUT2D eigenvalue weighted by molar-refractivity contribution is 7.89. The van der Waals surface area contributed by atoms with Crippen LogP contribution in [0.2, 0.25) is 0 Å². The van der Waals surface area contributed by atoms with Gasteiger partial charge in [-0.1, -0.05) is 0 Å². The van der Waals surface area contributed by atoms with Gasteiger partial charge in [0.15, 0.2) is 5.11 Å². The number of rotatable bonds is 3. The molecule has 152 valence electrons. The second-order valence-corrected chi connectivity index (χ2v) is 9.98. The van der Waals surface area contributed by atoms with Gasteiger partial charge in [0.1, 0.15) is 0 Å². The van der Waals surface area contributed by atoms with E-state index in [4.69, 9.17) is 17.5 Å². The largest absolute Gasteiger partial charge is 0.357 e. The fourth-order valence-corrected chi connectivity index (χ4v) is 4.63. The van der Waals surface area contributed by atoms with Gasteiger partial charge in [-0.25, -0.2) is 8.42 Å². The minimum atomic E-state index is -3.64. The van der Waals surface area contributed by atoms with Crippen LogP contribution in [0.3, 0.4) is 0 Å². The number of sulfonamides is 1. The van der Waals surface area contributed by atoms with E-state index in [9.17, 15) is 13.2 Å². The maximum absolute atomic E-state index is 12.7. The highest BCUT2D eigenvalue weighted by atomic mass is 32.2. The van der Waals surface area contributed by atoms with Gasteiger partial charge in [0, 0.05) is 24.5 Å². The number of hydrogen-bond donors (Lipinski definition) is 3. The molecule has 0 spiro atoms. The lowest BCUT2D eigenvalue weighted by Crippen LogP contribution is -2.54. The molecule has 1 aliphatic rings. The number of nitrogens with zero attached hydrogens (tertiary/aromatic N) is 2.